The molecule has 23 heteroatoms. The number of rotatable bonds is 46. The molecule has 0 bridgehead atoms. The van der Waals surface area contributed by atoms with Crippen LogP contribution >= 0.6 is 0 Å². The van der Waals surface area contributed by atoms with E-state index in [1.807, 2.05) is 6.08 Å². The standard InChI is InChI=1S/C60H110N2O21/c1-4-6-8-10-12-14-16-18-20-21-23-25-27-29-31-33-42(67)41(62-47(70)34-32-30-28-26-24-22-19-17-15-13-11-9-7-5-2)39-78-57-52(74)51(73)54(46(38-65)80-57)81-58-53(75)56(50(72)45(37-64)79-58)83-60(59(76)77)35-43(68)48(61-40(3)66)55(82-60)49(71)44(69)36-63/h31,33,41-46,48-58,63-65,67-69,71-75H,4-30,32,34-39H2,1-3H3,(H,61,66)(H,62,70)(H,76,77)/b33-31+. The van der Waals surface area contributed by atoms with Crippen LogP contribution in [0, 0.1) is 0 Å². The predicted octanol–water partition coefficient (Wildman–Crippen LogP) is 3.56. The van der Waals surface area contributed by atoms with Crippen molar-refractivity contribution in [1.82, 2.24) is 10.6 Å². The van der Waals surface area contributed by atoms with Gasteiger partial charge in [0, 0.05) is 19.8 Å². The first-order valence-electron chi connectivity index (χ1n) is 31.6. The number of hydrogen-bond donors (Lipinski definition) is 14. The summed E-state index contributed by atoms with van der Waals surface area (Å²) in [4.78, 5) is 38.4. The molecule has 3 fully saturated rings. The number of carbonyl (C=O) groups excluding carboxylic acids is 2. The lowest BCUT2D eigenvalue weighted by atomic mass is 9.88. The van der Waals surface area contributed by atoms with Gasteiger partial charge in [-0.15, -0.1) is 0 Å². The minimum absolute atomic E-state index is 0.204. The van der Waals surface area contributed by atoms with E-state index in [0.717, 1.165) is 51.9 Å². The van der Waals surface area contributed by atoms with Crippen LogP contribution in [0.15, 0.2) is 12.2 Å². The number of carboxylic acids is 1. The molecule has 486 valence electrons. The van der Waals surface area contributed by atoms with Gasteiger partial charge >= 0.3 is 5.97 Å². The van der Waals surface area contributed by atoms with Crippen molar-refractivity contribution in [3.05, 3.63) is 12.2 Å². The van der Waals surface area contributed by atoms with Crippen LogP contribution in [0.2, 0.25) is 0 Å². The van der Waals surface area contributed by atoms with Crippen molar-refractivity contribution in [3.8, 4) is 0 Å². The molecule has 3 saturated heterocycles. The van der Waals surface area contributed by atoms with Gasteiger partial charge in [0.25, 0.3) is 5.79 Å². The summed E-state index contributed by atoms with van der Waals surface area (Å²) in [6.07, 6.45) is 6.97. The topological polar surface area (TPSA) is 373 Å². The van der Waals surface area contributed by atoms with Crippen molar-refractivity contribution in [2.75, 3.05) is 26.4 Å². The van der Waals surface area contributed by atoms with E-state index in [4.69, 9.17) is 28.4 Å². The Kier molecular flexibility index (Phi) is 38.1. The van der Waals surface area contributed by atoms with E-state index in [1.165, 1.54) is 122 Å². The second-order valence-electron chi connectivity index (χ2n) is 23.3. The van der Waals surface area contributed by atoms with Crippen LogP contribution in [0.25, 0.3) is 0 Å². The maximum absolute atomic E-state index is 13.4. The molecule has 0 aromatic heterocycles. The van der Waals surface area contributed by atoms with Gasteiger partial charge in [-0.3, -0.25) is 9.59 Å². The summed E-state index contributed by atoms with van der Waals surface area (Å²) in [5.41, 5.74) is 0. The number of carboxylic acid groups (broad SMARTS) is 1. The van der Waals surface area contributed by atoms with Crippen LogP contribution in [-0.4, -0.2) is 215 Å². The lowest BCUT2D eigenvalue weighted by Gasteiger charge is -2.50. The molecule has 83 heavy (non-hydrogen) atoms. The molecule has 0 saturated carbocycles. The summed E-state index contributed by atoms with van der Waals surface area (Å²) in [5, 5.41) is 135. The average Bonchev–Trinajstić information content (AvgIpc) is 2.34. The first-order valence-corrected chi connectivity index (χ1v) is 31.6. The number of aliphatic hydroxyl groups is 11. The number of hydrogen-bond acceptors (Lipinski definition) is 20. The van der Waals surface area contributed by atoms with Gasteiger partial charge in [-0.1, -0.05) is 187 Å². The van der Waals surface area contributed by atoms with Crippen molar-refractivity contribution in [2.45, 2.75) is 323 Å². The quantitative estimate of drug-likeness (QED) is 0.0306. The maximum atomic E-state index is 13.4. The number of amides is 2. The third-order valence-electron chi connectivity index (χ3n) is 16.2. The predicted molar refractivity (Wildman–Crippen MR) is 306 cm³/mol. The van der Waals surface area contributed by atoms with E-state index in [0.29, 0.717) is 12.8 Å². The van der Waals surface area contributed by atoms with Crippen LogP contribution in [0.3, 0.4) is 0 Å². The zero-order valence-electron chi connectivity index (χ0n) is 50.1. The maximum Gasteiger partial charge on any atom is 0.364 e. The molecule has 0 aliphatic carbocycles. The minimum atomic E-state index is -3.08. The Morgan fingerprint density at radius 3 is 1.60 bits per heavy atom. The number of carbonyl (C=O) groups is 3. The molecule has 18 unspecified atom stereocenters. The van der Waals surface area contributed by atoms with Gasteiger partial charge in [0.1, 0.15) is 67.1 Å². The molecule has 3 aliphatic rings. The highest BCUT2D eigenvalue weighted by atomic mass is 16.8. The van der Waals surface area contributed by atoms with Crippen molar-refractivity contribution in [3.63, 3.8) is 0 Å². The number of aliphatic carboxylic acids is 1. The first-order chi connectivity index (χ1) is 39.9. The number of ether oxygens (including phenoxy) is 6. The zero-order chi connectivity index (χ0) is 61.2. The van der Waals surface area contributed by atoms with Gasteiger partial charge in [0.2, 0.25) is 11.8 Å². The van der Waals surface area contributed by atoms with Crippen LogP contribution in [0.4, 0.5) is 0 Å². The smallest absolute Gasteiger partial charge is 0.364 e. The summed E-state index contributed by atoms with van der Waals surface area (Å²) in [5.74, 6) is -6.14. The van der Waals surface area contributed by atoms with Crippen molar-refractivity contribution < 1.29 is 104 Å². The van der Waals surface area contributed by atoms with Gasteiger partial charge in [-0.05, 0) is 19.3 Å². The molecule has 3 heterocycles. The van der Waals surface area contributed by atoms with Crippen molar-refractivity contribution in [2.24, 2.45) is 0 Å². The van der Waals surface area contributed by atoms with E-state index >= 15 is 0 Å². The fourth-order valence-electron chi connectivity index (χ4n) is 11.1. The summed E-state index contributed by atoms with van der Waals surface area (Å²) >= 11 is 0. The Morgan fingerprint density at radius 1 is 0.627 bits per heavy atom. The van der Waals surface area contributed by atoms with E-state index in [1.54, 1.807) is 6.08 Å². The second-order valence-corrected chi connectivity index (χ2v) is 23.3. The molecule has 2 amide bonds. The number of unbranched alkanes of at least 4 members (excludes halogenated alkanes) is 26. The van der Waals surface area contributed by atoms with E-state index < -0.39 is 155 Å². The van der Waals surface area contributed by atoms with Gasteiger partial charge in [0.05, 0.1) is 50.7 Å². The fourth-order valence-corrected chi connectivity index (χ4v) is 11.1. The summed E-state index contributed by atoms with van der Waals surface area (Å²) in [6.45, 7) is 2.11. The Labute approximate surface area is 492 Å². The van der Waals surface area contributed by atoms with Gasteiger partial charge < -0.3 is 100 Å². The third kappa shape index (κ3) is 26.4. The number of aliphatic hydroxyl groups excluding tert-OH is 11. The monoisotopic (exact) mass is 1190 g/mol. The van der Waals surface area contributed by atoms with E-state index in [9.17, 15) is 75.7 Å². The number of nitrogens with one attached hydrogen (secondary N) is 2. The Balaban J connectivity index is 1.66. The highest BCUT2D eigenvalue weighted by Crippen LogP contribution is 2.38. The third-order valence-corrected chi connectivity index (χ3v) is 16.2. The molecule has 3 aliphatic heterocycles. The summed E-state index contributed by atoms with van der Waals surface area (Å²) in [7, 11) is 0. The normalized spacial score (nSPS) is 30.0. The lowest BCUT2D eigenvalue weighted by Crippen LogP contribution is -2.70. The molecule has 3 rings (SSSR count). The highest BCUT2D eigenvalue weighted by Gasteiger charge is 2.60. The molecule has 0 spiro atoms. The summed E-state index contributed by atoms with van der Waals surface area (Å²) < 4.78 is 34.7. The SMILES string of the molecule is CCCCCCCCCCCCCCC/C=C/C(O)C(COC1OC(CO)C(OC2OC(CO)C(O)C(OC3(C(=O)O)CC(O)C(NC(C)=O)C(C(O)C(O)CO)O3)C2O)C(O)C1O)NC(=O)CCCCCCCCCCCCCCCC. The Hall–Kier alpha value is -2.53. The first kappa shape index (κ1) is 74.7. The summed E-state index contributed by atoms with van der Waals surface area (Å²) in [6, 6.07) is -2.61. The lowest BCUT2D eigenvalue weighted by molar-refractivity contribution is -0.386. The molecule has 0 radical (unpaired) electrons. The van der Waals surface area contributed by atoms with Gasteiger partial charge in [-0.25, -0.2) is 4.79 Å². The minimum Gasteiger partial charge on any atom is -0.477 e. The van der Waals surface area contributed by atoms with Crippen molar-refractivity contribution >= 4 is 17.8 Å². The van der Waals surface area contributed by atoms with Crippen LogP contribution in [0.1, 0.15) is 213 Å². The van der Waals surface area contributed by atoms with Crippen LogP contribution in [-0.2, 0) is 42.8 Å². The van der Waals surface area contributed by atoms with Crippen molar-refractivity contribution in [1.29, 1.82) is 0 Å². The molecule has 23 nitrogen and oxygen atoms in total. The molecule has 18 atom stereocenters. The largest absolute Gasteiger partial charge is 0.477 e. The second kappa shape index (κ2) is 42.4. The van der Waals surface area contributed by atoms with Crippen LogP contribution in [0.5, 0.6) is 0 Å². The van der Waals surface area contributed by atoms with Gasteiger partial charge in [0.15, 0.2) is 12.6 Å². The average molecular weight is 1200 g/mol. The Bertz CT molecular complexity index is 1750. The highest BCUT2D eigenvalue weighted by molar-refractivity contribution is 5.77. The molecule has 0 aromatic carbocycles. The van der Waals surface area contributed by atoms with E-state index in [2.05, 4.69) is 24.5 Å². The van der Waals surface area contributed by atoms with Gasteiger partial charge in [-0.2, -0.15) is 0 Å². The van der Waals surface area contributed by atoms with Crippen LogP contribution < -0.4 is 10.6 Å². The molecular formula is C60H110N2O21. The fraction of sp³-hybridized carbons (Fsp3) is 0.917. The molecular weight excluding hydrogens is 1080 g/mol. The molecule has 0 aromatic rings. The Morgan fingerprint density at radius 2 is 1.12 bits per heavy atom. The zero-order valence-corrected chi connectivity index (χ0v) is 50.1. The molecule has 14 N–H and O–H groups in total. The number of allylic oxidation sites excluding steroid dienone is 1. The van der Waals surface area contributed by atoms with E-state index in [-0.39, 0.29) is 12.3 Å².